The molecule has 2 atom stereocenters. The molecule has 86 valence electrons. The molecule has 0 aliphatic carbocycles. The van der Waals surface area contributed by atoms with Crippen molar-refractivity contribution in [1.29, 1.82) is 0 Å². The molecule has 0 heterocycles. The molecule has 0 radical (unpaired) electrons. The van der Waals surface area contributed by atoms with Gasteiger partial charge in [-0.05, 0) is 25.7 Å². The Morgan fingerprint density at radius 1 is 1.14 bits per heavy atom. The fourth-order valence-electron chi connectivity index (χ4n) is 1.35. The highest BCUT2D eigenvalue weighted by atomic mass is 32.2. The number of rotatable bonds is 5. The van der Waals surface area contributed by atoms with E-state index in [1.54, 1.807) is 14.0 Å². The lowest BCUT2D eigenvalue weighted by Crippen LogP contribution is -2.41. The van der Waals surface area contributed by atoms with E-state index in [1.165, 1.54) is 4.31 Å². The molecule has 0 aliphatic rings. The summed E-state index contributed by atoms with van der Waals surface area (Å²) in [5, 5.41) is 0. The van der Waals surface area contributed by atoms with Gasteiger partial charge in [0.25, 0.3) is 0 Å². The van der Waals surface area contributed by atoms with E-state index in [9.17, 15) is 8.42 Å². The number of hydrogen-bond acceptors (Lipinski definition) is 2. The van der Waals surface area contributed by atoms with Crippen molar-refractivity contribution in [3.8, 4) is 0 Å². The minimum atomic E-state index is -3.04. The molecular formula is C10H23NO2S. The number of sulfonamides is 1. The predicted molar refractivity (Wildman–Crippen MR) is 60.7 cm³/mol. The molecule has 0 aromatic heterocycles. The zero-order valence-electron chi connectivity index (χ0n) is 10.1. The van der Waals surface area contributed by atoms with Gasteiger partial charge in [0.1, 0.15) is 0 Å². The summed E-state index contributed by atoms with van der Waals surface area (Å²) >= 11 is 0. The van der Waals surface area contributed by atoms with Crippen LogP contribution in [0.5, 0.6) is 0 Å². The van der Waals surface area contributed by atoms with E-state index in [-0.39, 0.29) is 11.8 Å². The predicted octanol–water partition coefficient (Wildman–Crippen LogP) is 1.95. The van der Waals surface area contributed by atoms with E-state index in [1.807, 2.05) is 6.92 Å². The molecule has 0 bridgehead atoms. The van der Waals surface area contributed by atoms with Gasteiger partial charge in [-0.2, -0.15) is 0 Å². The Kier molecular flexibility index (Phi) is 5.09. The van der Waals surface area contributed by atoms with E-state index in [4.69, 9.17) is 0 Å². The van der Waals surface area contributed by atoms with Crippen molar-refractivity contribution < 1.29 is 8.42 Å². The molecule has 0 amide bonds. The van der Waals surface area contributed by atoms with Crippen molar-refractivity contribution >= 4 is 10.0 Å². The molecule has 4 heteroatoms. The first-order valence-corrected chi connectivity index (χ1v) is 6.80. The SMILES string of the molecule is CCS(=O)(=O)N(C)[C@H](C)C(C)C(C)C. The molecule has 0 N–H and O–H groups in total. The van der Waals surface area contributed by atoms with Gasteiger partial charge in [-0.15, -0.1) is 0 Å². The van der Waals surface area contributed by atoms with E-state index in [0.717, 1.165) is 0 Å². The van der Waals surface area contributed by atoms with Crippen LogP contribution in [0, 0.1) is 11.8 Å². The lowest BCUT2D eigenvalue weighted by molar-refractivity contribution is 0.247. The van der Waals surface area contributed by atoms with E-state index in [0.29, 0.717) is 11.8 Å². The summed E-state index contributed by atoms with van der Waals surface area (Å²) in [7, 11) is -1.37. The third-order valence-corrected chi connectivity index (χ3v) is 5.13. The molecule has 1 unspecified atom stereocenters. The van der Waals surface area contributed by atoms with Crippen molar-refractivity contribution in [2.75, 3.05) is 12.8 Å². The Morgan fingerprint density at radius 3 is 1.86 bits per heavy atom. The van der Waals surface area contributed by atoms with Gasteiger partial charge in [-0.1, -0.05) is 20.8 Å². The van der Waals surface area contributed by atoms with E-state index in [2.05, 4.69) is 20.8 Å². The van der Waals surface area contributed by atoms with Gasteiger partial charge in [0.15, 0.2) is 0 Å². The molecule has 0 fully saturated rings. The summed E-state index contributed by atoms with van der Waals surface area (Å²) in [6, 6.07) is 0.0694. The second-order valence-corrected chi connectivity index (χ2v) is 6.58. The second-order valence-electron chi connectivity index (χ2n) is 4.26. The fraction of sp³-hybridized carbons (Fsp3) is 1.00. The molecule has 0 saturated carbocycles. The van der Waals surface area contributed by atoms with E-state index < -0.39 is 10.0 Å². The van der Waals surface area contributed by atoms with Crippen LogP contribution in [0.1, 0.15) is 34.6 Å². The Balaban J connectivity index is 4.63. The van der Waals surface area contributed by atoms with Crippen molar-refractivity contribution in [2.45, 2.75) is 40.7 Å². The maximum atomic E-state index is 11.6. The minimum absolute atomic E-state index is 0.0694. The highest BCUT2D eigenvalue weighted by Gasteiger charge is 2.26. The van der Waals surface area contributed by atoms with Crippen LogP contribution in [0.15, 0.2) is 0 Å². The monoisotopic (exact) mass is 221 g/mol. The van der Waals surface area contributed by atoms with Crippen LogP contribution in [0.4, 0.5) is 0 Å². The first-order chi connectivity index (χ1) is 6.24. The first kappa shape index (κ1) is 13.9. The molecular weight excluding hydrogens is 198 g/mol. The Hall–Kier alpha value is -0.0900. The molecule has 0 aromatic rings. The molecule has 14 heavy (non-hydrogen) atoms. The maximum Gasteiger partial charge on any atom is 0.213 e. The van der Waals surface area contributed by atoms with Crippen molar-refractivity contribution in [3.63, 3.8) is 0 Å². The van der Waals surface area contributed by atoms with Crippen LogP contribution in [0.25, 0.3) is 0 Å². The lowest BCUT2D eigenvalue weighted by Gasteiger charge is -2.31. The molecule has 0 aliphatic heterocycles. The van der Waals surface area contributed by atoms with Gasteiger partial charge in [-0.3, -0.25) is 0 Å². The van der Waals surface area contributed by atoms with Crippen molar-refractivity contribution in [2.24, 2.45) is 11.8 Å². The van der Waals surface area contributed by atoms with Gasteiger partial charge in [-0.25, -0.2) is 12.7 Å². The largest absolute Gasteiger partial charge is 0.213 e. The maximum absolute atomic E-state index is 11.6. The quantitative estimate of drug-likeness (QED) is 0.711. The van der Waals surface area contributed by atoms with E-state index >= 15 is 0 Å². The Labute approximate surface area is 88.5 Å². The van der Waals surface area contributed by atoms with Gasteiger partial charge >= 0.3 is 0 Å². The van der Waals surface area contributed by atoms with Gasteiger partial charge in [0.2, 0.25) is 10.0 Å². The molecule has 3 nitrogen and oxygen atoms in total. The smallest absolute Gasteiger partial charge is 0.212 e. The van der Waals surface area contributed by atoms with Gasteiger partial charge in [0, 0.05) is 13.1 Å². The van der Waals surface area contributed by atoms with Crippen LogP contribution >= 0.6 is 0 Å². The highest BCUT2D eigenvalue weighted by molar-refractivity contribution is 7.89. The average Bonchev–Trinajstić information content (AvgIpc) is 2.14. The van der Waals surface area contributed by atoms with Gasteiger partial charge in [0.05, 0.1) is 5.75 Å². The summed E-state index contributed by atoms with van der Waals surface area (Å²) in [6.45, 7) is 9.98. The standard InChI is InChI=1S/C10H23NO2S/c1-7-14(12,13)11(6)10(5)9(4)8(2)3/h8-10H,7H2,1-6H3/t9?,10-/m1/s1. The van der Waals surface area contributed by atoms with Crippen LogP contribution in [-0.4, -0.2) is 31.6 Å². The molecule has 0 aromatic carbocycles. The zero-order valence-corrected chi connectivity index (χ0v) is 10.9. The zero-order chi connectivity index (χ0) is 11.5. The number of hydrogen-bond donors (Lipinski definition) is 0. The van der Waals surface area contributed by atoms with Crippen LogP contribution in [0.2, 0.25) is 0 Å². The van der Waals surface area contributed by atoms with Gasteiger partial charge < -0.3 is 0 Å². The third-order valence-electron chi connectivity index (χ3n) is 3.19. The van der Waals surface area contributed by atoms with Crippen LogP contribution < -0.4 is 0 Å². The normalized spacial score (nSPS) is 17.4. The molecule has 0 spiro atoms. The summed E-state index contributed by atoms with van der Waals surface area (Å²) in [5.41, 5.74) is 0. The average molecular weight is 221 g/mol. The summed E-state index contributed by atoms with van der Waals surface area (Å²) in [4.78, 5) is 0. The van der Waals surface area contributed by atoms with Crippen molar-refractivity contribution in [1.82, 2.24) is 4.31 Å². The second kappa shape index (κ2) is 5.12. The number of nitrogens with zero attached hydrogens (tertiary/aromatic N) is 1. The topological polar surface area (TPSA) is 37.4 Å². The molecule has 0 rings (SSSR count). The van der Waals surface area contributed by atoms with Crippen LogP contribution in [-0.2, 0) is 10.0 Å². The fourth-order valence-corrected chi connectivity index (χ4v) is 2.45. The van der Waals surface area contributed by atoms with Crippen LogP contribution in [0.3, 0.4) is 0 Å². The highest BCUT2D eigenvalue weighted by Crippen LogP contribution is 2.20. The summed E-state index contributed by atoms with van der Waals surface area (Å²) < 4.78 is 24.7. The van der Waals surface area contributed by atoms with Crippen molar-refractivity contribution in [3.05, 3.63) is 0 Å². The third kappa shape index (κ3) is 3.24. The Bertz CT molecular complexity index is 259. The Morgan fingerprint density at radius 2 is 1.57 bits per heavy atom. The minimum Gasteiger partial charge on any atom is -0.212 e. The molecule has 0 saturated heterocycles. The summed E-state index contributed by atoms with van der Waals surface area (Å²) in [5.74, 6) is 1.05. The first-order valence-electron chi connectivity index (χ1n) is 5.19. The summed E-state index contributed by atoms with van der Waals surface area (Å²) in [6.07, 6.45) is 0. The lowest BCUT2D eigenvalue weighted by atomic mass is 9.91.